The van der Waals surface area contributed by atoms with E-state index in [0.717, 1.165) is 33.0 Å². The lowest BCUT2D eigenvalue weighted by molar-refractivity contribution is 0.371. The molecule has 0 saturated carbocycles. The summed E-state index contributed by atoms with van der Waals surface area (Å²) in [7, 11) is 3.12. The van der Waals surface area contributed by atoms with Crippen molar-refractivity contribution in [2.24, 2.45) is 22.4 Å². The van der Waals surface area contributed by atoms with Crippen molar-refractivity contribution in [3.05, 3.63) is 78.4 Å². The van der Waals surface area contributed by atoms with Crippen molar-refractivity contribution in [1.29, 1.82) is 0 Å². The molecule has 3 rings (SSSR count). The first-order valence-corrected chi connectivity index (χ1v) is 9.14. The molecule has 0 unspecified atom stereocenters. The van der Waals surface area contributed by atoms with Crippen molar-refractivity contribution in [2.45, 2.75) is 4.90 Å². The SMILES string of the molecule is CN.CN(N)/N=C(\N)c1cc(S)ccc1Nc1cccc(-c2ccccc2)c1. The Labute approximate surface area is 171 Å². The van der Waals surface area contributed by atoms with Crippen LogP contribution in [0.25, 0.3) is 11.1 Å². The smallest absolute Gasteiger partial charge is 0.154 e. The number of hydrazone groups is 1. The molecule has 3 aromatic rings. The Bertz CT molecular complexity index is 925. The van der Waals surface area contributed by atoms with Gasteiger partial charge in [0.15, 0.2) is 5.84 Å². The number of nitrogens with one attached hydrogen (secondary N) is 1. The minimum absolute atomic E-state index is 0.313. The summed E-state index contributed by atoms with van der Waals surface area (Å²) >= 11 is 4.39. The lowest BCUT2D eigenvalue weighted by Gasteiger charge is -2.14. The van der Waals surface area contributed by atoms with Crippen LogP contribution in [0.4, 0.5) is 11.4 Å². The van der Waals surface area contributed by atoms with E-state index in [1.165, 1.54) is 12.2 Å². The van der Waals surface area contributed by atoms with Gasteiger partial charge in [-0.25, -0.2) is 11.0 Å². The van der Waals surface area contributed by atoms with Crippen LogP contribution >= 0.6 is 12.6 Å². The third kappa shape index (κ3) is 5.75. The lowest BCUT2D eigenvalue weighted by atomic mass is 10.0. The molecule has 0 fully saturated rings. The van der Waals surface area contributed by atoms with E-state index in [1.54, 1.807) is 7.05 Å². The largest absolute Gasteiger partial charge is 0.382 e. The number of anilines is 2. The molecular weight excluding hydrogens is 368 g/mol. The van der Waals surface area contributed by atoms with Crippen LogP contribution in [0.5, 0.6) is 0 Å². The highest BCUT2D eigenvalue weighted by atomic mass is 32.1. The zero-order chi connectivity index (χ0) is 20.5. The Morgan fingerprint density at radius 1 is 0.929 bits per heavy atom. The summed E-state index contributed by atoms with van der Waals surface area (Å²) in [5.74, 6) is 5.89. The molecule has 0 radical (unpaired) electrons. The van der Waals surface area contributed by atoms with Crippen molar-refractivity contribution in [2.75, 3.05) is 19.4 Å². The van der Waals surface area contributed by atoms with Gasteiger partial charge in [0.25, 0.3) is 0 Å². The van der Waals surface area contributed by atoms with Crippen LogP contribution in [0.3, 0.4) is 0 Å². The normalized spacial score (nSPS) is 10.7. The van der Waals surface area contributed by atoms with Gasteiger partial charge >= 0.3 is 0 Å². The highest BCUT2D eigenvalue weighted by molar-refractivity contribution is 7.80. The first-order valence-electron chi connectivity index (χ1n) is 8.69. The number of rotatable bonds is 5. The van der Waals surface area contributed by atoms with E-state index in [2.05, 4.69) is 53.0 Å². The van der Waals surface area contributed by atoms with Crippen LogP contribution < -0.4 is 22.6 Å². The van der Waals surface area contributed by atoms with Crippen molar-refractivity contribution in [3.63, 3.8) is 0 Å². The van der Waals surface area contributed by atoms with Gasteiger partial charge in [-0.2, -0.15) is 0 Å². The Balaban J connectivity index is 0.00000136. The van der Waals surface area contributed by atoms with E-state index >= 15 is 0 Å². The average Bonchev–Trinajstić information content (AvgIpc) is 2.71. The number of hydrogen-bond donors (Lipinski definition) is 5. The van der Waals surface area contributed by atoms with Crippen LogP contribution in [-0.4, -0.2) is 25.0 Å². The maximum Gasteiger partial charge on any atom is 0.154 e. The Kier molecular flexibility index (Phi) is 7.88. The molecular formula is C21H26N6S. The van der Waals surface area contributed by atoms with Crippen molar-refractivity contribution >= 4 is 29.8 Å². The number of hydrazine groups is 1. The molecule has 0 aromatic heterocycles. The summed E-state index contributed by atoms with van der Waals surface area (Å²) in [6.45, 7) is 0. The first kappa shape index (κ1) is 21.3. The fourth-order valence-corrected chi connectivity index (χ4v) is 2.84. The minimum atomic E-state index is 0.313. The molecule has 0 heterocycles. The Hall–Kier alpha value is -3.00. The number of thiol groups is 1. The number of nitrogens with two attached hydrogens (primary N) is 3. The average molecular weight is 395 g/mol. The van der Waals surface area contributed by atoms with Gasteiger partial charge in [-0.15, -0.1) is 17.7 Å². The van der Waals surface area contributed by atoms with Crippen LogP contribution in [-0.2, 0) is 0 Å². The fourth-order valence-electron chi connectivity index (χ4n) is 2.64. The van der Waals surface area contributed by atoms with Gasteiger partial charge in [-0.1, -0.05) is 42.5 Å². The Morgan fingerprint density at radius 2 is 1.61 bits per heavy atom. The summed E-state index contributed by atoms with van der Waals surface area (Å²) in [4.78, 5) is 0.793. The molecule has 0 saturated heterocycles. The minimum Gasteiger partial charge on any atom is -0.382 e. The molecule has 28 heavy (non-hydrogen) atoms. The quantitative estimate of drug-likeness (QED) is 0.150. The van der Waals surface area contributed by atoms with Crippen molar-refractivity contribution in [3.8, 4) is 11.1 Å². The second kappa shape index (κ2) is 10.4. The summed E-state index contributed by atoms with van der Waals surface area (Å²) in [6.07, 6.45) is 0. The molecule has 7 heteroatoms. The van der Waals surface area contributed by atoms with E-state index in [4.69, 9.17) is 11.6 Å². The van der Waals surface area contributed by atoms with Crippen LogP contribution in [0.1, 0.15) is 5.56 Å². The standard InChI is InChI=1S/C20H21N5S.CH5N/c1-25(22)24-20(21)18-13-17(26)10-11-19(18)23-16-9-5-8-15(12-16)14-6-3-2-4-7-14;1-2/h2-13,23,26H,22H2,1H3,(H2,21,24);2H2,1H3. The molecule has 0 bridgehead atoms. The first-order chi connectivity index (χ1) is 13.5. The molecule has 0 amide bonds. The van der Waals surface area contributed by atoms with E-state index in [1.807, 2.05) is 48.5 Å². The number of benzene rings is 3. The van der Waals surface area contributed by atoms with E-state index in [0.29, 0.717) is 5.84 Å². The van der Waals surface area contributed by atoms with Gasteiger partial charge in [0.05, 0.1) is 0 Å². The summed E-state index contributed by atoms with van der Waals surface area (Å²) in [5.41, 5.74) is 15.4. The van der Waals surface area contributed by atoms with Crippen LogP contribution in [0, 0.1) is 0 Å². The molecule has 7 N–H and O–H groups in total. The van der Waals surface area contributed by atoms with Crippen LogP contribution in [0.2, 0.25) is 0 Å². The highest BCUT2D eigenvalue weighted by Crippen LogP contribution is 2.27. The molecule has 0 atom stereocenters. The summed E-state index contributed by atoms with van der Waals surface area (Å²) in [6, 6.07) is 24.1. The van der Waals surface area contributed by atoms with Crippen molar-refractivity contribution < 1.29 is 0 Å². The van der Waals surface area contributed by atoms with Gasteiger partial charge < -0.3 is 16.8 Å². The summed E-state index contributed by atoms with van der Waals surface area (Å²) in [5, 5.41) is 8.68. The molecule has 0 spiro atoms. The van der Waals surface area contributed by atoms with Crippen LogP contribution in [0.15, 0.2) is 82.8 Å². The highest BCUT2D eigenvalue weighted by Gasteiger charge is 2.09. The van der Waals surface area contributed by atoms with E-state index < -0.39 is 0 Å². The Morgan fingerprint density at radius 3 is 2.29 bits per heavy atom. The molecule has 0 aliphatic heterocycles. The van der Waals surface area contributed by atoms with Gasteiger partial charge in [0, 0.05) is 28.9 Å². The lowest BCUT2D eigenvalue weighted by Crippen LogP contribution is -2.26. The second-order valence-corrected chi connectivity index (χ2v) is 6.38. The second-order valence-electron chi connectivity index (χ2n) is 5.86. The summed E-state index contributed by atoms with van der Waals surface area (Å²) < 4.78 is 0. The fraction of sp³-hybridized carbons (Fsp3) is 0.0952. The maximum atomic E-state index is 6.09. The number of hydrogen-bond acceptors (Lipinski definition) is 6. The van der Waals surface area contributed by atoms with Gasteiger partial charge in [0.2, 0.25) is 0 Å². The monoisotopic (exact) mass is 394 g/mol. The van der Waals surface area contributed by atoms with E-state index in [-0.39, 0.29) is 0 Å². The zero-order valence-corrected chi connectivity index (χ0v) is 16.9. The third-order valence-electron chi connectivity index (χ3n) is 3.79. The molecule has 146 valence electrons. The number of amidine groups is 1. The van der Waals surface area contributed by atoms with Gasteiger partial charge in [-0.05, 0) is 48.5 Å². The van der Waals surface area contributed by atoms with Crippen molar-refractivity contribution in [1.82, 2.24) is 5.12 Å². The topological polar surface area (TPSA) is 106 Å². The third-order valence-corrected chi connectivity index (χ3v) is 4.07. The number of nitrogens with zero attached hydrogens (tertiary/aromatic N) is 2. The molecule has 6 nitrogen and oxygen atoms in total. The van der Waals surface area contributed by atoms with Gasteiger partial charge in [-0.3, -0.25) is 0 Å². The molecule has 3 aromatic carbocycles. The van der Waals surface area contributed by atoms with Gasteiger partial charge in [0.1, 0.15) is 0 Å². The maximum absolute atomic E-state index is 6.09. The molecule has 0 aliphatic carbocycles. The predicted octanol–water partition coefficient (Wildman–Crippen LogP) is 3.39. The predicted molar refractivity (Wildman–Crippen MR) is 122 cm³/mol. The molecule has 0 aliphatic rings. The van der Waals surface area contributed by atoms with E-state index in [9.17, 15) is 0 Å². The zero-order valence-electron chi connectivity index (χ0n) is 16.0.